The summed E-state index contributed by atoms with van der Waals surface area (Å²) >= 11 is 0. The number of primary sulfonamides is 1. The van der Waals surface area contributed by atoms with Crippen LogP contribution in [0.25, 0.3) is 54.6 Å². The second-order valence-corrected chi connectivity index (χ2v) is 14.0. The molecule has 6 aromatic carbocycles. The Morgan fingerprint density at radius 3 is 1.65 bits per heavy atom. The molecule has 252 valence electrons. The molecule has 8 nitrogen and oxygen atoms in total. The first-order valence-electron chi connectivity index (χ1n) is 14.5. The molecular formula is C35H32F3NO7S2. The van der Waals surface area contributed by atoms with Crippen LogP contribution in [-0.4, -0.2) is 44.9 Å². The molecular weight excluding hydrogens is 668 g/mol. The van der Waals surface area contributed by atoms with Gasteiger partial charge in [-0.1, -0.05) is 98.3 Å². The van der Waals surface area contributed by atoms with Crippen molar-refractivity contribution >= 4 is 58.4 Å². The Hall–Kier alpha value is -4.56. The van der Waals surface area contributed by atoms with Gasteiger partial charge in [-0.25, -0.2) is 18.4 Å². The van der Waals surface area contributed by atoms with Crippen molar-refractivity contribution in [2.24, 2.45) is 5.14 Å². The van der Waals surface area contributed by atoms with E-state index in [1.54, 1.807) is 6.07 Å². The number of carboxylic acids is 1. The van der Waals surface area contributed by atoms with Gasteiger partial charge in [0.25, 0.3) is 10.1 Å². The van der Waals surface area contributed by atoms with E-state index >= 15 is 0 Å². The van der Waals surface area contributed by atoms with Gasteiger partial charge in [-0.05, 0) is 85.1 Å². The minimum absolute atomic E-state index is 0.227. The molecule has 0 aromatic heterocycles. The lowest BCUT2D eigenvalue weighted by atomic mass is 9.87. The minimum Gasteiger partial charge on any atom is -0.475 e. The molecule has 0 amide bonds. The lowest BCUT2D eigenvalue weighted by Crippen LogP contribution is -2.21. The molecule has 48 heavy (non-hydrogen) atoms. The van der Waals surface area contributed by atoms with Gasteiger partial charge >= 0.3 is 12.1 Å². The second kappa shape index (κ2) is 14.3. The number of aryl methyl sites for hydroxylation is 1. The molecule has 6 aromatic rings. The van der Waals surface area contributed by atoms with E-state index in [1.165, 1.54) is 43.4 Å². The van der Waals surface area contributed by atoms with Crippen LogP contribution < -0.4 is 5.14 Å². The Kier molecular flexibility index (Phi) is 10.8. The summed E-state index contributed by atoms with van der Waals surface area (Å²) in [5, 5.41) is 20.0. The number of benzene rings is 6. The number of carbonyl (C=O) groups is 1. The van der Waals surface area contributed by atoms with Crippen LogP contribution in [0.4, 0.5) is 13.2 Å². The zero-order valence-electron chi connectivity index (χ0n) is 25.8. The lowest BCUT2D eigenvalue weighted by Gasteiger charge is -2.17. The molecule has 0 fully saturated rings. The number of rotatable bonds is 6. The zero-order chi connectivity index (χ0) is 35.4. The first-order chi connectivity index (χ1) is 22.4. The standard InChI is InChI=1S/C32H27NO2S.C2HF3O2.CH4O3S/c1-2-3-7-25-20-24(14-19-30(25)36(33,34)35)27-16-11-23-12-17-28-26(21-8-5-4-6-9-21)15-10-22-13-18-29(27)32(23)31(22)28;3-2(4,5)1(6)7;1-5(2,3)4/h4-6,8-20H,2-3,7H2,1H3,(H2,33,34,35);(H,6,7);1H3,(H,2,3,4). The largest absolute Gasteiger partial charge is 0.490 e. The fourth-order valence-corrected chi connectivity index (χ4v) is 6.29. The number of hydrogen-bond donors (Lipinski definition) is 3. The van der Waals surface area contributed by atoms with Crippen LogP contribution in [0, 0.1) is 0 Å². The van der Waals surface area contributed by atoms with Gasteiger partial charge < -0.3 is 5.11 Å². The maximum Gasteiger partial charge on any atom is 0.490 e. The molecule has 0 bridgehead atoms. The van der Waals surface area contributed by atoms with Crippen molar-refractivity contribution in [3.05, 3.63) is 103 Å². The molecule has 0 atom stereocenters. The van der Waals surface area contributed by atoms with E-state index in [9.17, 15) is 30.0 Å². The minimum atomic E-state index is -5.08. The number of unbranched alkanes of at least 4 members (excludes halogenated alkanes) is 1. The first-order valence-corrected chi connectivity index (χ1v) is 17.9. The average Bonchev–Trinajstić information content (AvgIpc) is 3.01. The number of nitrogens with two attached hydrogens (primary N) is 1. The molecule has 0 aliphatic rings. The number of alkyl halides is 3. The van der Waals surface area contributed by atoms with Crippen LogP contribution in [0.15, 0.2) is 102 Å². The van der Waals surface area contributed by atoms with Crippen molar-refractivity contribution in [2.45, 2.75) is 37.3 Å². The first kappa shape index (κ1) is 36.3. The Labute approximate surface area is 275 Å². The SMILES string of the molecule is CCCCc1cc(-c2ccc3ccc4c(-c5ccccc5)ccc5ccc2c3c54)ccc1S(N)(=O)=O.CS(=O)(=O)O.O=C(O)C(F)(F)F. The highest BCUT2D eigenvalue weighted by Gasteiger charge is 2.38. The number of carboxylic acid groups (broad SMARTS) is 1. The molecule has 0 saturated carbocycles. The molecule has 0 aliphatic carbocycles. The summed E-state index contributed by atoms with van der Waals surface area (Å²) in [6, 6.07) is 33.6. The number of halogens is 3. The number of sulfonamides is 1. The Bertz CT molecular complexity index is 2300. The highest BCUT2D eigenvalue weighted by Crippen LogP contribution is 2.42. The van der Waals surface area contributed by atoms with Gasteiger partial charge in [0.2, 0.25) is 10.0 Å². The van der Waals surface area contributed by atoms with Crippen LogP contribution in [0.2, 0.25) is 0 Å². The molecule has 0 spiro atoms. The topological polar surface area (TPSA) is 152 Å². The zero-order valence-corrected chi connectivity index (χ0v) is 27.5. The van der Waals surface area contributed by atoms with E-state index in [1.807, 2.05) is 18.2 Å². The molecule has 4 N–H and O–H groups in total. The molecule has 0 unspecified atom stereocenters. The van der Waals surface area contributed by atoms with Gasteiger partial charge in [0, 0.05) is 0 Å². The average molecular weight is 700 g/mol. The summed E-state index contributed by atoms with van der Waals surface area (Å²) in [4.78, 5) is 9.12. The van der Waals surface area contributed by atoms with Crippen LogP contribution in [0.5, 0.6) is 0 Å². The molecule has 0 aliphatic heterocycles. The van der Waals surface area contributed by atoms with Crippen LogP contribution >= 0.6 is 0 Å². The monoisotopic (exact) mass is 699 g/mol. The van der Waals surface area contributed by atoms with Crippen molar-refractivity contribution in [3.8, 4) is 22.3 Å². The summed E-state index contributed by atoms with van der Waals surface area (Å²) in [5.41, 5.74) is 5.32. The van der Waals surface area contributed by atoms with E-state index in [0.29, 0.717) is 12.7 Å². The van der Waals surface area contributed by atoms with Crippen molar-refractivity contribution in [1.82, 2.24) is 0 Å². The van der Waals surface area contributed by atoms with Crippen LogP contribution in [0.3, 0.4) is 0 Å². The van der Waals surface area contributed by atoms with E-state index in [4.69, 9.17) is 19.6 Å². The van der Waals surface area contributed by atoms with E-state index in [2.05, 4.69) is 79.7 Å². The maximum absolute atomic E-state index is 12.2. The maximum atomic E-state index is 12.2. The lowest BCUT2D eigenvalue weighted by molar-refractivity contribution is -0.192. The third-order valence-electron chi connectivity index (χ3n) is 7.47. The van der Waals surface area contributed by atoms with Crippen LogP contribution in [0.1, 0.15) is 25.3 Å². The van der Waals surface area contributed by atoms with Gasteiger partial charge in [-0.3, -0.25) is 4.55 Å². The summed E-state index contributed by atoms with van der Waals surface area (Å²) < 4.78 is 82.1. The van der Waals surface area contributed by atoms with Crippen molar-refractivity contribution < 1.29 is 44.5 Å². The van der Waals surface area contributed by atoms with Crippen LogP contribution in [-0.2, 0) is 31.4 Å². The van der Waals surface area contributed by atoms with Crippen molar-refractivity contribution in [2.75, 3.05) is 6.26 Å². The number of aliphatic carboxylic acids is 1. The Morgan fingerprint density at radius 1 is 0.750 bits per heavy atom. The fraction of sp³-hybridized carbons (Fsp3) is 0.171. The summed E-state index contributed by atoms with van der Waals surface area (Å²) in [5.74, 6) is -2.76. The predicted molar refractivity (Wildman–Crippen MR) is 182 cm³/mol. The van der Waals surface area contributed by atoms with Crippen molar-refractivity contribution in [3.63, 3.8) is 0 Å². The quantitative estimate of drug-likeness (QED) is 0.118. The van der Waals surface area contributed by atoms with E-state index < -0.39 is 32.3 Å². The van der Waals surface area contributed by atoms with E-state index in [-0.39, 0.29) is 4.90 Å². The molecule has 0 saturated heterocycles. The van der Waals surface area contributed by atoms with Gasteiger partial charge in [-0.15, -0.1) is 0 Å². The summed E-state index contributed by atoms with van der Waals surface area (Å²) in [6.45, 7) is 2.10. The normalized spacial score (nSPS) is 12.0. The number of hydrogen-bond acceptors (Lipinski definition) is 5. The highest BCUT2D eigenvalue weighted by molar-refractivity contribution is 7.89. The molecule has 0 heterocycles. The highest BCUT2D eigenvalue weighted by atomic mass is 32.2. The third kappa shape index (κ3) is 8.66. The van der Waals surface area contributed by atoms with Gasteiger partial charge in [0.15, 0.2) is 0 Å². The summed E-state index contributed by atoms with van der Waals surface area (Å²) in [7, 11) is -7.44. The van der Waals surface area contributed by atoms with Gasteiger partial charge in [0.1, 0.15) is 0 Å². The molecule has 6 rings (SSSR count). The van der Waals surface area contributed by atoms with Crippen molar-refractivity contribution in [1.29, 1.82) is 0 Å². The Balaban J connectivity index is 0.000000373. The predicted octanol–water partition coefficient (Wildman–Crippen LogP) is 8.05. The van der Waals surface area contributed by atoms with Gasteiger partial charge in [-0.2, -0.15) is 21.6 Å². The Morgan fingerprint density at radius 2 is 1.21 bits per heavy atom. The molecule has 0 radical (unpaired) electrons. The smallest absolute Gasteiger partial charge is 0.475 e. The van der Waals surface area contributed by atoms with E-state index in [0.717, 1.165) is 29.5 Å². The van der Waals surface area contributed by atoms with Gasteiger partial charge in [0.05, 0.1) is 11.2 Å². The molecule has 13 heteroatoms. The third-order valence-corrected chi connectivity index (χ3v) is 8.48. The fourth-order valence-electron chi connectivity index (χ4n) is 5.51. The second-order valence-electron chi connectivity index (χ2n) is 11.0. The summed E-state index contributed by atoms with van der Waals surface area (Å²) in [6.07, 6.45) is -1.79.